The van der Waals surface area contributed by atoms with Gasteiger partial charge in [0.1, 0.15) is 0 Å². The van der Waals surface area contributed by atoms with Crippen LogP contribution >= 0.6 is 0 Å². The zero-order valence-electron chi connectivity index (χ0n) is 12.5. The lowest BCUT2D eigenvalue weighted by Gasteiger charge is -2.61. The highest BCUT2D eigenvalue weighted by atomic mass is 16.7. The Morgan fingerprint density at radius 3 is 2.42 bits per heavy atom. The zero-order valence-corrected chi connectivity index (χ0v) is 12.5. The Labute approximate surface area is 117 Å². The van der Waals surface area contributed by atoms with Crippen LogP contribution in [0.3, 0.4) is 0 Å². The molecule has 19 heavy (non-hydrogen) atoms. The summed E-state index contributed by atoms with van der Waals surface area (Å²) in [5, 5.41) is 0. The fourth-order valence-corrected chi connectivity index (χ4v) is 5.07. The molecule has 0 amide bonds. The van der Waals surface area contributed by atoms with E-state index in [9.17, 15) is 0 Å². The van der Waals surface area contributed by atoms with E-state index in [4.69, 9.17) is 15.9 Å². The van der Waals surface area contributed by atoms with Crippen molar-refractivity contribution in [3.8, 4) is 12.3 Å². The summed E-state index contributed by atoms with van der Waals surface area (Å²) < 4.78 is 12.3. The Balaban J connectivity index is 2.03. The maximum atomic E-state index is 6.14. The van der Waals surface area contributed by atoms with Gasteiger partial charge < -0.3 is 9.47 Å². The lowest BCUT2D eigenvalue weighted by molar-refractivity contribution is -0.291. The quantitative estimate of drug-likeness (QED) is 0.621. The first-order valence-corrected chi connectivity index (χ1v) is 7.74. The van der Waals surface area contributed by atoms with Crippen LogP contribution < -0.4 is 0 Å². The van der Waals surface area contributed by atoms with Gasteiger partial charge in [-0.25, -0.2) is 0 Å². The smallest absolute Gasteiger partial charge is 0.174 e. The van der Waals surface area contributed by atoms with Gasteiger partial charge in [0.15, 0.2) is 5.79 Å². The van der Waals surface area contributed by atoms with Crippen LogP contribution in [0.5, 0.6) is 0 Å². The molecule has 2 aliphatic carbocycles. The van der Waals surface area contributed by atoms with E-state index in [2.05, 4.69) is 26.7 Å². The van der Waals surface area contributed by atoms with Gasteiger partial charge in [0.05, 0.1) is 13.2 Å². The predicted molar refractivity (Wildman–Crippen MR) is 75.4 cm³/mol. The van der Waals surface area contributed by atoms with Gasteiger partial charge in [-0.15, -0.1) is 6.42 Å². The van der Waals surface area contributed by atoms with Crippen LogP contribution in [-0.4, -0.2) is 19.0 Å². The van der Waals surface area contributed by atoms with Crippen molar-refractivity contribution >= 4 is 0 Å². The average molecular weight is 262 g/mol. The van der Waals surface area contributed by atoms with E-state index < -0.39 is 0 Å². The summed E-state index contributed by atoms with van der Waals surface area (Å²) in [5.41, 5.74) is 0.0606. The normalized spacial score (nSPS) is 48.7. The first-order chi connectivity index (χ1) is 8.98. The summed E-state index contributed by atoms with van der Waals surface area (Å²) in [6, 6.07) is 0. The molecule has 2 heteroatoms. The van der Waals surface area contributed by atoms with Crippen LogP contribution in [0.2, 0.25) is 0 Å². The molecule has 0 N–H and O–H groups in total. The fraction of sp³-hybridized carbons (Fsp3) is 0.882. The van der Waals surface area contributed by atoms with Crippen LogP contribution in [-0.2, 0) is 9.47 Å². The molecule has 3 rings (SSSR count). The second-order valence-corrected chi connectivity index (χ2v) is 7.18. The van der Waals surface area contributed by atoms with Gasteiger partial charge in [-0.2, -0.15) is 0 Å². The molecule has 3 aliphatic rings. The molecule has 3 fully saturated rings. The molecule has 4 atom stereocenters. The SMILES string of the molecule is C#C[C@]1(C)[C@H]2CCCC3(OCCO3)[C@]2(C)CC[C@@H]1C. The third-order valence-corrected chi connectivity index (χ3v) is 6.55. The van der Waals surface area contributed by atoms with Crippen molar-refractivity contribution in [2.24, 2.45) is 22.7 Å². The number of hydrogen-bond acceptors (Lipinski definition) is 2. The average Bonchev–Trinajstić information content (AvgIpc) is 2.87. The van der Waals surface area contributed by atoms with Crippen LogP contribution in [0.15, 0.2) is 0 Å². The second-order valence-electron chi connectivity index (χ2n) is 7.18. The summed E-state index contributed by atoms with van der Waals surface area (Å²) >= 11 is 0. The molecule has 0 unspecified atom stereocenters. The monoisotopic (exact) mass is 262 g/mol. The lowest BCUT2D eigenvalue weighted by Crippen LogP contribution is -2.61. The fourth-order valence-electron chi connectivity index (χ4n) is 5.07. The number of hydrogen-bond donors (Lipinski definition) is 0. The maximum Gasteiger partial charge on any atom is 0.174 e. The Morgan fingerprint density at radius 2 is 1.79 bits per heavy atom. The Morgan fingerprint density at radius 1 is 1.11 bits per heavy atom. The Kier molecular flexibility index (Phi) is 3.00. The van der Waals surface area contributed by atoms with Gasteiger partial charge >= 0.3 is 0 Å². The van der Waals surface area contributed by atoms with Gasteiger partial charge in [0, 0.05) is 17.3 Å². The van der Waals surface area contributed by atoms with Gasteiger partial charge in [-0.1, -0.05) is 19.8 Å². The maximum absolute atomic E-state index is 6.14. The minimum absolute atomic E-state index is 0.0181. The van der Waals surface area contributed by atoms with Crippen LogP contribution in [0.4, 0.5) is 0 Å². The molecule has 0 bridgehead atoms. The van der Waals surface area contributed by atoms with E-state index >= 15 is 0 Å². The van der Waals surface area contributed by atoms with Crippen molar-refractivity contribution < 1.29 is 9.47 Å². The minimum Gasteiger partial charge on any atom is -0.347 e. The van der Waals surface area contributed by atoms with E-state index in [1.165, 1.54) is 25.7 Å². The van der Waals surface area contributed by atoms with Crippen LogP contribution in [0.1, 0.15) is 52.9 Å². The van der Waals surface area contributed by atoms with Gasteiger partial charge in [0.25, 0.3) is 0 Å². The van der Waals surface area contributed by atoms with Crippen molar-refractivity contribution in [1.82, 2.24) is 0 Å². The Bertz CT molecular complexity index is 404. The minimum atomic E-state index is -0.353. The summed E-state index contributed by atoms with van der Waals surface area (Å²) in [4.78, 5) is 0. The van der Waals surface area contributed by atoms with E-state index in [-0.39, 0.29) is 16.6 Å². The van der Waals surface area contributed by atoms with Crippen molar-refractivity contribution in [1.29, 1.82) is 0 Å². The zero-order chi connectivity index (χ0) is 13.7. The molecule has 1 spiro atoms. The van der Waals surface area contributed by atoms with E-state index in [0.29, 0.717) is 11.8 Å². The predicted octanol–water partition coefficient (Wildman–Crippen LogP) is 3.61. The molecule has 2 nitrogen and oxygen atoms in total. The molecule has 0 radical (unpaired) electrons. The topological polar surface area (TPSA) is 18.5 Å². The second kappa shape index (κ2) is 4.24. The molecule has 2 saturated carbocycles. The summed E-state index contributed by atoms with van der Waals surface area (Å²) in [6.07, 6.45) is 11.7. The first-order valence-electron chi connectivity index (χ1n) is 7.74. The molecule has 1 aliphatic heterocycles. The third-order valence-electron chi connectivity index (χ3n) is 6.55. The molecule has 0 aromatic rings. The van der Waals surface area contributed by atoms with Crippen LogP contribution in [0, 0.1) is 35.0 Å². The highest BCUT2D eigenvalue weighted by molar-refractivity contribution is 5.18. The molecular formula is C17H26O2. The van der Waals surface area contributed by atoms with Gasteiger partial charge in [-0.3, -0.25) is 0 Å². The highest BCUT2D eigenvalue weighted by Crippen LogP contribution is 2.64. The highest BCUT2D eigenvalue weighted by Gasteiger charge is 2.64. The third kappa shape index (κ3) is 1.58. The standard InChI is InChI=1S/C17H26O2/c1-5-15(3)13(2)8-10-16(4)14(15)7-6-9-17(16)18-11-12-19-17/h1,13-14H,6-12H2,2-4H3/t13-,14+,15-,16+/m0/s1. The van der Waals surface area contributed by atoms with Crippen molar-refractivity contribution in [3.63, 3.8) is 0 Å². The van der Waals surface area contributed by atoms with E-state index in [0.717, 1.165) is 19.6 Å². The van der Waals surface area contributed by atoms with Crippen molar-refractivity contribution in [2.45, 2.75) is 58.7 Å². The summed E-state index contributed by atoms with van der Waals surface area (Å²) in [5.74, 6) is 3.90. The number of ether oxygens (including phenoxy) is 2. The summed E-state index contributed by atoms with van der Waals surface area (Å²) in [7, 11) is 0. The molecule has 106 valence electrons. The molecule has 1 saturated heterocycles. The number of rotatable bonds is 0. The largest absolute Gasteiger partial charge is 0.347 e. The first kappa shape index (κ1) is 13.5. The lowest BCUT2D eigenvalue weighted by atomic mass is 9.46. The molecule has 0 aromatic carbocycles. The molecule has 0 aromatic heterocycles. The number of fused-ring (bicyclic) bond motifs is 2. The van der Waals surface area contributed by atoms with Gasteiger partial charge in [0.2, 0.25) is 0 Å². The summed E-state index contributed by atoms with van der Waals surface area (Å²) in [6.45, 7) is 8.45. The number of terminal acetylenes is 1. The Hall–Kier alpha value is -0.520. The molecule has 1 heterocycles. The van der Waals surface area contributed by atoms with E-state index in [1.807, 2.05) is 0 Å². The van der Waals surface area contributed by atoms with Crippen molar-refractivity contribution in [3.05, 3.63) is 0 Å². The van der Waals surface area contributed by atoms with Gasteiger partial charge in [-0.05, 0) is 44.4 Å². The van der Waals surface area contributed by atoms with E-state index in [1.54, 1.807) is 0 Å². The van der Waals surface area contributed by atoms with Crippen LogP contribution in [0.25, 0.3) is 0 Å². The van der Waals surface area contributed by atoms with Crippen molar-refractivity contribution in [2.75, 3.05) is 13.2 Å². The molecular weight excluding hydrogens is 236 g/mol.